The second-order valence-corrected chi connectivity index (χ2v) is 4.70. The number of aromatic carboxylic acids is 1. The summed E-state index contributed by atoms with van der Waals surface area (Å²) in [5, 5.41) is 8.99. The van der Waals surface area contributed by atoms with Gasteiger partial charge in [0.2, 0.25) is 0 Å². The molecule has 1 saturated carbocycles. The first-order valence-corrected chi connectivity index (χ1v) is 6.47. The predicted octanol–water partition coefficient (Wildman–Crippen LogP) is 2.38. The average molecular weight is 263 g/mol. The van der Waals surface area contributed by atoms with E-state index in [-0.39, 0.29) is 23.1 Å². The van der Waals surface area contributed by atoms with Crippen molar-refractivity contribution in [3.8, 4) is 5.75 Å². The molecule has 0 spiro atoms. The van der Waals surface area contributed by atoms with Crippen LogP contribution in [0.4, 0.5) is 0 Å². The molecule has 0 radical (unpaired) electrons. The fourth-order valence-corrected chi connectivity index (χ4v) is 2.29. The van der Waals surface area contributed by atoms with Crippen molar-refractivity contribution >= 4 is 11.9 Å². The highest BCUT2D eigenvalue weighted by atomic mass is 16.7. The van der Waals surface area contributed by atoms with E-state index < -0.39 is 5.97 Å². The summed E-state index contributed by atoms with van der Waals surface area (Å²) in [4.78, 5) is 28.0. The number of benzene rings is 1. The number of carboxylic acid groups (broad SMARTS) is 1. The summed E-state index contributed by atoms with van der Waals surface area (Å²) in [5.74, 6) is -1.12. The Morgan fingerprint density at radius 3 is 2.53 bits per heavy atom. The van der Waals surface area contributed by atoms with Gasteiger partial charge in [0.15, 0.2) is 5.75 Å². The lowest BCUT2D eigenvalue weighted by Crippen LogP contribution is -2.34. The van der Waals surface area contributed by atoms with Gasteiger partial charge in [0.1, 0.15) is 5.56 Å². The molecule has 0 atom stereocenters. The molecule has 5 heteroatoms. The molecule has 0 aromatic heterocycles. The Morgan fingerprint density at radius 1 is 1.16 bits per heavy atom. The quantitative estimate of drug-likeness (QED) is 0.818. The summed E-state index contributed by atoms with van der Waals surface area (Å²) in [6, 6.07) is 6.23. The second kappa shape index (κ2) is 6.22. The van der Waals surface area contributed by atoms with Crippen molar-refractivity contribution in [2.75, 3.05) is 0 Å². The van der Waals surface area contributed by atoms with E-state index in [4.69, 9.17) is 9.94 Å². The lowest BCUT2D eigenvalue weighted by Gasteiger charge is -2.20. The minimum atomic E-state index is -1.08. The summed E-state index contributed by atoms with van der Waals surface area (Å²) in [6.07, 6.45) is 5.03. The maximum absolute atomic E-state index is 11.9. The molecule has 19 heavy (non-hydrogen) atoms. The van der Waals surface area contributed by atoms with Crippen LogP contribution in [0.1, 0.15) is 42.5 Å². The highest BCUT2D eigenvalue weighted by molar-refractivity contribution is 5.90. The van der Waals surface area contributed by atoms with E-state index in [0.29, 0.717) is 0 Å². The predicted molar refractivity (Wildman–Crippen MR) is 68.7 cm³/mol. The summed E-state index contributed by atoms with van der Waals surface area (Å²) < 4.78 is 0. The number of hydrogen-bond donors (Lipinski definition) is 2. The molecule has 1 aromatic carbocycles. The molecule has 102 valence electrons. The van der Waals surface area contributed by atoms with Crippen molar-refractivity contribution in [2.45, 2.75) is 32.1 Å². The van der Waals surface area contributed by atoms with Crippen LogP contribution >= 0.6 is 0 Å². The van der Waals surface area contributed by atoms with E-state index >= 15 is 0 Å². The Kier molecular flexibility index (Phi) is 4.39. The fourth-order valence-electron chi connectivity index (χ4n) is 2.29. The monoisotopic (exact) mass is 263 g/mol. The summed E-state index contributed by atoms with van der Waals surface area (Å²) in [7, 11) is 0. The normalized spacial score (nSPS) is 15.8. The van der Waals surface area contributed by atoms with Crippen molar-refractivity contribution in [3.63, 3.8) is 0 Å². The molecule has 0 saturated heterocycles. The zero-order valence-corrected chi connectivity index (χ0v) is 10.6. The van der Waals surface area contributed by atoms with Gasteiger partial charge in [-0.15, -0.1) is 0 Å². The van der Waals surface area contributed by atoms with Crippen LogP contribution < -0.4 is 10.3 Å². The Hall–Kier alpha value is -2.04. The third-order valence-electron chi connectivity index (χ3n) is 3.36. The molecular formula is C14H17NO4. The van der Waals surface area contributed by atoms with E-state index in [1.807, 2.05) is 0 Å². The van der Waals surface area contributed by atoms with E-state index in [1.165, 1.54) is 18.6 Å². The minimum Gasteiger partial charge on any atom is -0.478 e. The number of hydroxylamine groups is 1. The van der Waals surface area contributed by atoms with Crippen LogP contribution in [0, 0.1) is 5.92 Å². The number of amides is 1. The number of nitrogens with one attached hydrogen (secondary N) is 1. The van der Waals surface area contributed by atoms with E-state index in [2.05, 4.69) is 5.48 Å². The molecule has 2 rings (SSSR count). The van der Waals surface area contributed by atoms with Gasteiger partial charge >= 0.3 is 5.97 Å². The number of carboxylic acids is 1. The first-order chi connectivity index (χ1) is 9.18. The van der Waals surface area contributed by atoms with Gasteiger partial charge in [0, 0.05) is 5.92 Å². The van der Waals surface area contributed by atoms with Gasteiger partial charge in [0.25, 0.3) is 5.91 Å². The molecule has 5 nitrogen and oxygen atoms in total. The third-order valence-corrected chi connectivity index (χ3v) is 3.36. The molecule has 1 amide bonds. The fraction of sp³-hybridized carbons (Fsp3) is 0.429. The molecule has 0 aliphatic heterocycles. The standard InChI is InChI=1S/C14H17NO4/c16-13(10-6-2-1-3-7-10)15-19-12-9-5-4-8-11(12)14(17)18/h4-5,8-10H,1-3,6-7H2,(H,15,16)(H,17,18). The Labute approximate surface area is 111 Å². The van der Waals surface area contributed by atoms with Crippen molar-refractivity contribution in [3.05, 3.63) is 29.8 Å². The zero-order chi connectivity index (χ0) is 13.7. The molecule has 0 bridgehead atoms. The highest BCUT2D eigenvalue weighted by Crippen LogP contribution is 2.24. The van der Waals surface area contributed by atoms with E-state index in [1.54, 1.807) is 12.1 Å². The third kappa shape index (κ3) is 3.47. The first-order valence-electron chi connectivity index (χ1n) is 6.47. The lowest BCUT2D eigenvalue weighted by molar-refractivity contribution is -0.132. The maximum Gasteiger partial charge on any atom is 0.339 e. The van der Waals surface area contributed by atoms with Crippen LogP contribution in [0.3, 0.4) is 0 Å². The van der Waals surface area contributed by atoms with Crippen LogP contribution in [-0.4, -0.2) is 17.0 Å². The maximum atomic E-state index is 11.9. The number of rotatable bonds is 4. The van der Waals surface area contributed by atoms with Crippen LogP contribution in [0.5, 0.6) is 5.75 Å². The van der Waals surface area contributed by atoms with Crippen molar-refractivity contribution in [2.24, 2.45) is 5.92 Å². The van der Waals surface area contributed by atoms with Gasteiger partial charge in [-0.05, 0) is 25.0 Å². The highest BCUT2D eigenvalue weighted by Gasteiger charge is 2.22. The van der Waals surface area contributed by atoms with Gasteiger partial charge in [-0.1, -0.05) is 31.4 Å². The molecule has 1 aliphatic rings. The Bertz CT molecular complexity index is 466. The van der Waals surface area contributed by atoms with Crippen molar-refractivity contribution in [1.82, 2.24) is 5.48 Å². The summed E-state index contributed by atoms with van der Waals surface area (Å²) in [5.41, 5.74) is 2.40. The van der Waals surface area contributed by atoms with Crippen molar-refractivity contribution in [1.29, 1.82) is 0 Å². The molecule has 0 unspecified atom stereocenters. The zero-order valence-electron chi connectivity index (χ0n) is 10.6. The van der Waals surface area contributed by atoms with E-state index in [9.17, 15) is 9.59 Å². The van der Waals surface area contributed by atoms with Crippen LogP contribution in [0.25, 0.3) is 0 Å². The summed E-state index contributed by atoms with van der Waals surface area (Å²) >= 11 is 0. The van der Waals surface area contributed by atoms with Gasteiger partial charge in [-0.3, -0.25) is 4.79 Å². The largest absolute Gasteiger partial charge is 0.478 e. The Morgan fingerprint density at radius 2 is 1.84 bits per heavy atom. The molecule has 0 heterocycles. The van der Waals surface area contributed by atoms with Crippen LogP contribution in [0.2, 0.25) is 0 Å². The van der Waals surface area contributed by atoms with Gasteiger partial charge in [-0.2, -0.15) is 5.48 Å². The second-order valence-electron chi connectivity index (χ2n) is 4.70. The summed E-state index contributed by atoms with van der Waals surface area (Å²) in [6.45, 7) is 0. The number of hydrogen-bond acceptors (Lipinski definition) is 3. The average Bonchev–Trinajstić information content (AvgIpc) is 2.46. The Balaban J connectivity index is 1.94. The lowest BCUT2D eigenvalue weighted by atomic mass is 9.89. The molecule has 1 aromatic rings. The molecular weight excluding hydrogens is 246 g/mol. The molecule has 2 N–H and O–H groups in total. The van der Waals surface area contributed by atoms with Gasteiger partial charge in [-0.25, -0.2) is 4.79 Å². The number of carbonyl (C=O) groups excluding carboxylic acids is 1. The topological polar surface area (TPSA) is 75.6 Å². The van der Waals surface area contributed by atoms with Crippen LogP contribution in [-0.2, 0) is 4.79 Å². The minimum absolute atomic E-state index is 0.0225. The van der Waals surface area contributed by atoms with Crippen LogP contribution in [0.15, 0.2) is 24.3 Å². The first kappa shape index (κ1) is 13.4. The molecule has 1 fully saturated rings. The number of carbonyl (C=O) groups is 2. The van der Waals surface area contributed by atoms with Gasteiger partial charge < -0.3 is 9.94 Å². The van der Waals surface area contributed by atoms with Gasteiger partial charge in [0.05, 0.1) is 0 Å². The molecule has 1 aliphatic carbocycles. The van der Waals surface area contributed by atoms with E-state index in [0.717, 1.165) is 25.7 Å². The SMILES string of the molecule is O=C(O)c1ccccc1ONC(=O)C1CCCCC1. The number of para-hydroxylation sites is 1. The smallest absolute Gasteiger partial charge is 0.339 e. The van der Waals surface area contributed by atoms with Crippen molar-refractivity contribution < 1.29 is 19.5 Å².